The third kappa shape index (κ3) is 4.60. The highest BCUT2D eigenvalue weighted by atomic mass is 32.2. The summed E-state index contributed by atoms with van der Waals surface area (Å²) in [5.74, 6) is 1.53. The summed E-state index contributed by atoms with van der Waals surface area (Å²) in [7, 11) is 1.62. The van der Waals surface area contributed by atoms with Crippen LogP contribution in [0.25, 0.3) is 27.1 Å². The topological polar surface area (TPSA) is 52.1 Å². The van der Waals surface area contributed by atoms with E-state index in [9.17, 15) is 4.79 Å². The smallest absolute Gasteiger partial charge is 0.222 e. The molecule has 0 spiro atoms. The molecule has 0 fully saturated rings. The summed E-state index contributed by atoms with van der Waals surface area (Å²) in [5.41, 5.74) is 4.37. The van der Waals surface area contributed by atoms with Gasteiger partial charge in [0.25, 0.3) is 0 Å². The van der Waals surface area contributed by atoms with Crippen molar-refractivity contribution in [2.75, 3.05) is 12.9 Å². The summed E-state index contributed by atoms with van der Waals surface area (Å²) in [4.78, 5) is 21.3. The molecule has 0 radical (unpaired) electrons. The van der Waals surface area contributed by atoms with Crippen LogP contribution >= 0.6 is 11.8 Å². The van der Waals surface area contributed by atoms with Crippen molar-refractivity contribution in [2.24, 2.45) is 0 Å². The number of fused-ring (bicyclic) bond motifs is 1. The van der Waals surface area contributed by atoms with Gasteiger partial charge in [0.15, 0.2) is 0 Å². The number of benzene rings is 1. The highest BCUT2D eigenvalue weighted by Crippen LogP contribution is 2.37. The van der Waals surface area contributed by atoms with Crippen LogP contribution in [-0.2, 0) is 0 Å². The lowest BCUT2D eigenvalue weighted by Crippen LogP contribution is -1.97. The van der Waals surface area contributed by atoms with Crippen molar-refractivity contribution in [3.05, 3.63) is 59.8 Å². The normalized spacial score (nSPS) is 11.0. The monoisotopic (exact) mass is 394 g/mol. The predicted molar refractivity (Wildman–Crippen MR) is 120 cm³/mol. The number of aromatic nitrogens is 2. The summed E-state index contributed by atoms with van der Waals surface area (Å²) >= 11 is 1.77. The van der Waals surface area contributed by atoms with E-state index in [1.54, 1.807) is 25.1 Å². The lowest BCUT2D eigenvalue weighted by molar-refractivity contribution is 0.112. The van der Waals surface area contributed by atoms with Gasteiger partial charge in [-0.25, -0.2) is 9.97 Å². The molecule has 0 aliphatic carbocycles. The minimum Gasteiger partial charge on any atom is -0.481 e. The number of aldehydes is 1. The molecule has 1 aromatic carbocycles. The molecule has 0 saturated carbocycles. The Balaban J connectivity index is 0.00000136. The highest BCUT2D eigenvalue weighted by Gasteiger charge is 2.15. The number of pyridine rings is 2. The Morgan fingerprint density at radius 2 is 1.89 bits per heavy atom. The van der Waals surface area contributed by atoms with Gasteiger partial charge >= 0.3 is 0 Å². The van der Waals surface area contributed by atoms with Gasteiger partial charge in [-0.1, -0.05) is 51.1 Å². The van der Waals surface area contributed by atoms with E-state index in [0.29, 0.717) is 11.4 Å². The van der Waals surface area contributed by atoms with Gasteiger partial charge in [-0.2, -0.15) is 0 Å². The quantitative estimate of drug-likeness (QED) is 0.462. The fraction of sp³-hybridized carbons (Fsp3) is 0.261. The van der Waals surface area contributed by atoms with E-state index >= 15 is 0 Å². The van der Waals surface area contributed by atoms with Crippen molar-refractivity contribution in [1.29, 1.82) is 0 Å². The second kappa shape index (κ2) is 10.6. The first kappa shape index (κ1) is 21.6. The number of hydrogen-bond donors (Lipinski definition) is 0. The van der Waals surface area contributed by atoms with Crippen molar-refractivity contribution >= 4 is 33.9 Å². The predicted octanol–water partition coefficient (Wildman–Crippen LogP) is 6.26. The number of ether oxygens (including phenoxy) is 1. The summed E-state index contributed by atoms with van der Waals surface area (Å²) in [6.07, 6.45) is 4.65. The van der Waals surface area contributed by atoms with E-state index in [1.807, 2.05) is 51.1 Å². The van der Waals surface area contributed by atoms with Crippen LogP contribution < -0.4 is 4.74 Å². The summed E-state index contributed by atoms with van der Waals surface area (Å²) < 4.78 is 5.42. The summed E-state index contributed by atoms with van der Waals surface area (Å²) in [6, 6.07) is 11.5. The number of nitrogens with zero attached hydrogens (tertiary/aromatic N) is 2. The van der Waals surface area contributed by atoms with Crippen molar-refractivity contribution in [3.63, 3.8) is 0 Å². The molecule has 4 nitrogen and oxygen atoms in total. The lowest BCUT2D eigenvalue weighted by atomic mass is 10.0. The molecule has 2 aromatic heterocycles. The zero-order valence-electron chi connectivity index (χ0n) is 17.0. The third-order valence-electron chi connectivity index (χ3n) is 4.05. The van der Waals surface area contributed by atoms with Crippen LogP contribution in [0.15, 0.2) is 48.7 Å². The molecule has 0 N–H and O–H groups in total. The molecule has 0 amide bonds. The molecule has 0 aliphatic heterocycles. The average molecular weight is 395 g/mol. The summed E-state index contributed by atoms with van der Waals surface area (Å²) in [6.45, 7) is 8.16. The zero-order chi connectivity index (χ0) is 20.5. The maximum atomic E-state index is 11.0. The van der Waals surface area contributed by atoms with Crippen molar-refractivity contribution in [2.45, 2.75) is 27.7 Å². The van der Waals surface area contributed by atoms with E-state index < -0.39 is 0 Å². The Morgan fingerprint density at radius 1 is 1.18 bits per heavy atom. The summed E-state index contributed by atoms with van der Waals surface area (Å²) in [5, 5.41) is 0.884. The number of carbonyl (C=O) groups excluding carboxylic acids is 1. The molecule has 3 aromatic rings. The average Bonchev–Trinajstić information content (AvgIpc) is 2.77. The maximum Gasteiger partial charge on any atom is 0.222 e. The number of allylic oxidation sites excluding steroid dienone is 1. The number of carbonyl (C=O) groups is 1. The van der Waals surface area contributed by atoms with Gasteiger partial charge in [-0.15, -0.1) is 11.8 Å². The second-order valence-electron chi connectivity index (χ2n) is 5.60. The number of thioether (sulfide) groups is 1. The SMILES string of the molecule is C/C=C(\SCC)c1cc2c(OC)nccc2nc1-c1ccc(C=O)cc1.CC. The van der Waals surface area contributed by atoms with Gasteiger partial charge in [0, 0.05) is 27.8 Å². The number of methoxy groups -OCH3 is 1. The Kier molecular flexibility index (Phi) is 8.20. The van der Waals surface area contributed by atoms with E-state index in [-0.39, 0.29) is 0 Å². The molecule has 0 atom stereocenters. The Bertz CT molecular complexity index is 966. The standard InChI is InChI=1S/C21H20N2O2S.C2H6/c1-4-19(26-5-2)17-12-16-18(10-11-22-21(16)25-3)23-20(17)15-8-6-14(13-24)7-9-15;1-2/h4,6-13H,5H2,1-3H3;1-2H3/b19-4-;. The first-order valence-electron chi connectivity index (χ1n) is 9.40. The third-order valence-corrected chi connectivity index (χ3v) is 5.10. The lowest BCUT2D eigenvalue weighted by Gasteiger charge is -2.14. The van der Waals surface area contributed by atoms with Crippen molar-refractivity contribution in [3.8, 4) is 17.1 Å². The second-order valence-corrected chi connectivity index (χ2v) is 6.90. The van der Waals surface area contributed by atoms with E-state index in [1.165, 1.54) is 0 Å². The molecule has 0 aliphatic rings. The van der Waals surface area contributed by atoms with Crippen LogP contribution in [0.2, 0.25) is 0 Å². The van der Waals surface area contributed by atoms with Crippen LogP contribution in [0.3, 0.4) is 0 Å². The van der Waals surface area contributed by atoms with Gasteiger partial charge in [0.05, 0.1) is 23.7 Å². The first-order chi connectivity index (χ1) is 13.7. The van der Waals surface area contributed by atoms with Crippen LogP contribution in [0, 0.1) is 0 Å². The van der Waals surface area contributed by atoms with Crippen LogP contribution in [0.4, 0.5) is 0 Å². The molecule has 0 bridgehead atoms. The molecule has 0 saturated heterocycles. The molecule has 0 unspecified atom stereocenters. The fourth-order valence-corrected chi connectivity index (χ4v) is 3.62. The molecule has 146 valence electrons. The molecule has 28 heavy (non-hydrogen) atoms. The van der Waals surface area contributed by atoms with Crippen molar-refractivity contribution < 1.29 is 9.53 Å². The highest BCUT2D eigenvalue weighted by molar-refractivity contribution is 8.08. The Labute approximate surface area is 171 Å². The van der Waals surface area contributed by atoms with E-state index in [4.69, 9.17) is 9.72 Å². The van der Waals surface area contributed by atoms with Gasteiger partial charge < -0.3 is 4.74 Å². The largest absolute Gasteiger partial charge is 0.481 e. The fourth-order valence-electron chi connectivity index (χ4n) is 2.83. The molecular weight excluding hydrogens is 368 g/mol. The van der Waals surface area contributed by atoms with Gasteiger partial charge in [-0.05, 0) is 24.8 Å². The minimum absolute atomic E-state index is 0.566. The van der Waals surface area contributed by atoms with Crippen molar-refractivity contribution in [1.82, 2.24) is 9.97 Å². The molecular formula is C23H26N2O2S. The zero-order valence-corrected chi connectivity index (χ0v) is 17.8. The number of hydrogen-bond acceptors (Lipinski definition) is 5. The Morgan fingerprint density at radius 3 is 2.46 bits per heavy atom. The number of rotatable bonds is 6. The molecule has 3 rings (SSSR count). The Hall–Kier alpha value is -2.66. The van der Waals surface area contributed by atoms with Gasteiger partial charge in [0.1, 0.15) is 6.29 Å². The van der Waals surface area contributed by atoms with Crippen LogP contribution in [0.5, 0.6) is 5.88 Å². The van der Waals surface area contributed by atoms with E-state index in [2.05, 4.69) is 24.1 Å². The minimum atomic E-state index is 0.566. The molecule has 5 heteroatoms. The van der Waals surface area contributed by atoms with Crippen LogP contribution in [0.1, 0.15) is 43.6 Å². The maximum absolute atomic E-state index is 11.0. The van der Waals surface area contributed by atoms with Gasteiger partial charge in [-0.3, -0.25) is 4.79 Å². The van der Waals surface area contributed by atoms with Crippen LogP contribution in [-0.4, -0.2) is 29.1 Å². The first-order valence-corrected chi connectivity index (χ1v) is 10.4. The van der Waals surface area contributed by atoms with Gasteiger partial charge in [0.2, 0.25) is 5.88 Å². The molecule has 2 heterocycles. The van der Waals surface area contributed by atoms with E-state index in [0.717, 1.165) is 44.7 Å².